The maximum Gasteiger partial charge on any atom is 0.275 e. The molecule has 5 heterocycles. The number of amides is 1. The van der Waals surface area contributed by atoms with E-state index in [0.717, 1.165) is 66.7 Å². The van der Waals surface area contributed by atoms with Gasteiger partial charge in [-0.05, 0) is 51.5 Å². The van der Waals surface area contributed by atoms with Crippen molar-refractivity contribution >= 4 is 28.7 Å². The first-order valence-electron chi connectivity index (χ1n) is 13.5. The fourth-order valence-corrected chi connectivity index (χ4v) is 5.86. The molecule has 12 heteroatoms. The van der Waals surface area contributed by atoms with Crippen molar-refractivity contribution in [3.05, 3.63) is 47.9 Å². The number of thiazole rings is 1. The number of piperidine rings is 1. The van der Waals surface area contributed by atoms with Crippen LogP contribution in [0.3, 0.4) is 0 Å². The molecule has 0 atom stereocenters. The molecule has 3 fully saturated rings. The van der Waals surface area contributed by atoms with Crippen molar-refractivity contribution in [1.82, 2.24) is 34.3 Å². The zero-order chi connectivity index (χ0) is 26.6. The first-order valence-corrected chi connectivity index (χ1v) is 14.4. The number of anilines is 2. The summed E-state index contributed by atoms with van der Waals surface area (Å²) in [7, 11) is 1.78. The highest BCUT2D eigenvalue weighted by molar-refractivity contribution is 7.13. The quantitative estimate of drug-likeness (QED) is 0.345. The van der Waals surface area contributed by atoms with Gasteiger partial charge in [-0.2, -0.15) is 0 Å². The van der Waals surface area contributed by atoms with E-state index >= 15 is 0 Å². The number of hydrogen-bond acceptors (Lipinski definition) is 9. The van der Waals surface area contributed by atoms with Crippen molar-refractivity contribution in [2.45, 2.75) is 63.0 Å². The van der Waals surface area contributed by atoms with Gasteiger partial charge >= 0.3 is 0 Å². The number of carbonyl (C=O) groups is 1. The molecule has 2 saturated carbocycles. The lowest BCUT2D eigenvalue weighted by molar-refractivity contribution is -0.0132. The SMILES string of the molecule is COC1(C)CCN(c2cnc(C(=O)Nc3csc(-c4nncn4C4CC4)n3)cc2-n2cnc(C3CC3)c2)CC1. The lowest BCUT2D eigenvalue weighted by Gasteiger charge is -2.40. The number of rotatable bonds is 8. The number of nitrogens with zero attached hydrogens (tertiary/aromatic N) is 8. The van der Waals surface area contributed by atoms with Crippen LogP contribution in [0, 0.1) is 0 Å². The van der Waals surface area contributed by atoms with E-state index < -0.39 is 0 Å². The number of ether oxygens (including phenoxy) is 1. The molecule has 11 nitrogen and oxygen atoms in total. The molecule has 0 bridgehead atoms. The van der Waals surface area contributed by atoms with Crippen molar-refractivity contribution in [3.8, 4) is 16.5 Å². The molecule has 0 radical (unpaired) electrons. The third-order valence-corrected chi connectivity index (χ3v) is 8.91. The van der Waals surface area contributed by atoms with E-state index in [9.17, 15) is 4.79 Å². The summed E-state index contributed by atoms with van der Waals surface area (Å²) >= 11 is 1.44. The van der Waals surface area contributed by atoms with Crippen molar-refractivity contribution < 1.29 is 9.53 Å². The molecule has 0 aromatic carbocycles. The van der Waals surface area contributed by atoms with Gasteiger partial charge in [0.1, 0.15) is 17.8 Å². The molecule has 39 heavy (non-hydrogen) atoms. The Morgan fingerprint density at radius 2 is 1.95 bits per heavy atom. The van der Waals surface area contributed by atoms with E-state index in [1.165, 1.54) is 24.2 Å². The lowest BCUT2D eigenvalue weighted by atomic mass is 9.93. The van der Waals surface area contributed by atoms with Gasteiger partial charge in [-0.15, -0.1) is 21.5 Å². The average Bonchev–Trinajstić information content (AvgIpc) is 3.83. The largest absolute Gasteiger partial charge is 0.378 e. The Kier molecular flexibility index (Phi) is 5.96. The van der Waals surface area contributed by atoms with Crippen LogP contribution in [0.5, 0.6) is 0 Å². The second-order valence-corrected chi connectivity index (χ2v) is 11.8. The number of carbonyl (C=O) groups excluding carboxylic acids is 1. The van der Waals surface area contributed by atoms with Gasteiger partial charge in [-0.25, -0.2) is 15.0 Å². The van der Waals surface area contributed by atoms with E-state index in [1.807, 2.05) is 22.3 Å². The normalized spacial score (nSPS) is 18.9. The lowest BCUT2D eigenvalue weighted by Crippen LogP contribution is -2.44. The summed E-state index contributed by atoms with van der Waals surface area (Å²) in [6.07, 6.45) is 14.0. The van der Waals surface area contributed by atoms with E-state index in [0.29, 0.717) is 23.5 Å². The van der Waals surface area contributed by atoms with E-state index in [2.05, 4.69) is 53.1 Å². The maximum absolute atomic E-state index is 13.3. The van der Waals surface area contributed by atoms with Gasteiger partial charge in [0.2, 0.25) is 0 Å². The predicted octanol–water partition coefficient (Wildman–Crippen LogP) is 4.45. The Hall–Kier alpha value is -3.64. The third-order valence-electron chi connectivity index (χ3n) is 8.08. The van der Waals surface area contributed by atoms with Crippen LogP contribution in [-0.4, -0.2) is 66.0 Å². The fourth-order valence-electron chi connectivity index (χ4n) is 5.13. The summed E-state index contributed by atoms with van der Waals surface area (Å²) in [6, 6.07) is 2.30. The molecule has 202 valence electrons. The summed E-state index contributed by atoms with van der Waals surface area (Å²) in [5.41, 5.74) is 3.19. The molecule has 7 rings (SSSR count). The van der Waals surface area contributed by atoms with Crippen molar-refractivity contribution in [3.63, 3.8) is 0 Å². The van der Waals surface area contributed by atoms with Gasteiger partial charge in [0, 0.05) is 43.7 Å². The molecule has 1 aliphatic heterocycles. The number of methoxy groups -OCH3 is 1. The van der Waals surface area contributed by atoms with Crippen LogP contribution in [0.25, 0.3) is 16.5 Å². The molecule has 4 aromatic heterocycles. The van der Waals surface area contributed by atoms with Crippen LogP contribution in [0.4, 0.5) is 11.5 Å². The average molecular weight is 546 g/mol. The number of imidazole rings is 1. The van der Waals surface area contributed by atoms with Crippen LogP contribution in [0.2, 0.25) is 0 Å². The standard InChI is InChI=1S/C27H31N9O2S/c1-27(38-2)7-9-34(10-8-27)22-12-28-19(11-21(22)35-13-20(29-15-35)17-3-4-17)25(37)31-23-14-39-26(32-23)24-33-30-16-36(24)18-5-6-18/h11-18H,3-10H2,1-2H3,(H,31,37). The summed E-state index contributed by atoms with van der Waals surface area (Å²) in [5.74, 6) is 1.45. The molecular weight excluding hydrogens is 514 g/mol. The number of hydrogen-bond donors (Lipinski definition) is 1. The van der Waals surface area contributed by atoms with Crippen molar-refractivity contribution in [2.75, 3.05) is 30.4 Å². The van der Waals surface area contributed by atoms with Crippen molar-refractivity contribution in [1.29, 1.82) is 0 Å². The zero-order valence-electron chi connectivity index (χ0n) is 22.1. The smallest absolute Gasteiger partial charge is 0.275 e. The second-order valence-electron chi connectivity index (χ2n) is 11.0. The minimum absolute atomic E-state index is 0.115. The van der Waals surface area contributed by atoms with E-state index in [1.54, 1.807) is 19.6 Å². The van der Waals surface area contributed by atoms with Gasteiger partial charge in [0.15, 0.2) is 10.8 Å². The fraction of sp³-hybridized carbons (Fsp3) is 0.481. The van der Waals surface area contributed by atoms with Crippen LogP contribution >= 0.6 is 11.3 Å². The molecule has 4 aromatic rings. The number of nitrogens with one attached hydrogen (secondary N) is 1. The molecule has 0 spiro atoms. The summed E-state index contributed by atoms with van der Waals surface area (Å²) < 4.78 is 9.83. The van der Waals surface area contributed by atoms with Crippen LogP contribution < -0.4 is 10.2 Å². The highest BCUT2D eigenvalue weighted by Crippen LogP contribution is 2.40. The maximum atomic E-state index is 13.3. The van der Waals surface area contributed by atoms with Gasteiger partial charge in [0.05, 0.1) is 35.2 Å². The van der Waals surface area contributed by atoms with Crippen molar-refractivity contribution in [2.24, 2.45) is 0 Å². The van der Waals surface area contributed by atoms with Crippen LogP contribution in [0.1, 0.15) is 73.6 Å². The highest BCUT2D eigenvalue weighted by atomic mass is 32.1. The first kappa shape index (κ1) is 24.4. The summed E-state index contributed by atoms with van der Waals surface area (Å²) in [6.45, 7) is 3.86. The highest BCUT2D eigenvalue weighted by Gasteiger charge is 2.32. The molecule has 2 aliphatic carbocycles. The Labute approximate surface area is 230 Å². The Balaban J connectivity index is 1.15. The van der Waals surface area contributed by atoms with Gasteiger partial charge in [-0.3, -0.25) is 4.79 Å². The zero-order valence-corrected chi connectivity index (χ0v) is 22.9. The van der Waals surface area contributed by atoms with E-state index in [4.69, 9.17) is 4.74 Å². The molecule has 3 aliphatic rings. The second kappa shape index (κ2) is 9.53. The monoisotopic (exact) mass is 545 g/mol. The number of pyridine rings is 1. The Morgan fingerprint density at radius 3 is 2.69 bits per heavy atom. The predicted molar refractivity (Wildman–Crippen MR) is 148 cm³/mol. The molecular formula is C27H31N9O2S. The van der Waals surface area contributed by atoms with Crippen LogP contribution in [0.15, 0.2) is 36.5 Å². The van der Waals surface area contributed by atoms with Gasteiger partial charge in [0.25, 0.3) is 5.91 Å². The number of aromatic nitrogens is 7. The molecule has 1 N–H and O–H groups in total. The topological polar surface area (TPSA) is 116 Å². The summed E-state index contributed by atoms with van der Waals surface area (Å²) in [5, 5.41) is 13.8. The Bertz CT molecular complexity index is 1510. The first-order chi connectivity index (χ1) is 19.0. The minimum atomic E-state index is -0.309. The van der Waals surface area contributed by atoms with E-state index in [-0.39, 0.29) is 11.5 Å². The third kappa shape index (κ3) is 4.82. The van der Waals surface area contributed by atoms with Gasteiger partial charge < -0.3 is 24.1 Å². The minimum Gasteiger partial charge on any atom is -0.378 e. The molecule has 1 amide bonds. The Morgan fingerprint density at radius 1 is 1.13 bits per heavy atom. The van der Waals surface area contributed by atoms with Crippen LogP contribution in [-0.2, 0) is 4.74 Å². The molecule has 0 unspecified atom stereocenters. The molecule has 1 saturated heterocycles. The summed E-state index contributed by atoms with van der Waals surface area (Å²) in [4.78, 5) is 29.5. The van der Waals surface area contributed by atoms with Gasteiger partial charge in [-0.1, -0.05) is 0 Å².